The molecule has 0 aromatic heterocycles. The van der Waals surface area contributed by atoms with Crippen LogP contribution in [-0.2, 0) is 0 Å². The van der Waals surface area contributed by atoms with Gasteiger partial charge >= 0.3 is 0 Å². The maximum absolute atomic E-state index is 12.5. The smallest absolute Gasteiger partial charge is 0.258 e. The Kier molecular flexibility index (Phi) is 3.79. The highest BCUT2D eigenvalue weighted by Gasteiger charge is 2.16. The SMILES string of the molecule is Cc1ccc(N(C)C(=O)c2cccc(N)c2)c(C)c1C. The van der Waals surface area contributed by atoms with Crippen molar-refractivity contribution in [2.24, 2.45) is 0 Å². The van der Waals surface area contributed by atoms with E-state index in [0.29, 0.717) is 11.3 Å². The Hall–Kier alpha value is -2.29. The molecule has 0 heterocycles. The molecule has 0 saturated carbocycles. The van der Waals surface area contributed by atoms with Gasteiger partial charge in [-0.15, -0.1) is 0 Å². The van der Waals surface area contributed by atoms with Gasteiger partial charge in [-0.05, 0) is 61.7 Å². The summed E-state index contributed by atoms with van der Waals surface area (Å²) in [5, 5.41) is 0. The van der Waals surface area contributed by atoms with Crippen LogP contribution in [0.15, 0.2) is 36.4 Å². The van der Waals surface area contributed by atoms with E-state index < -0.39 is 0 Å². The maximum Gasteiger partial charge on any atom is 0.258 e. The van der Waals surface area contributed by atoms with Crippen LogP contribution in [0.4, 0.5) is 11.4 Å². The molecule has 0 unspecified atom stereocenters. The summed E-state index contributed by atoms with van der Waals surface area (Å²) < 4.78 is 0. The molecule has 20 heavy (non-hydrogen) atoms. The predicted octanol–water partition coefficient (Wildman–Crippen LogP) is 3.47. The number of rotatable bonds is 2. The number of nitrogens with two attached hydrogens (primary N) is 1. The average Bonchev–Trinajstić information content (AvgIpc) is 2.43. The van der Waals surface area contributed by atoms with Gasteiger partial charge in [-0.3, -0.25) is 4.79 Å². The second-order valence-corrected chi connectivity index (χ2v) is 5.14. The number of nitrogen functional groups attached to an aromatic ring is 1. The molecule has 104 valence electrons. The lowest BCUT2D eigenvalue weighted by Crippen LogP contribution is -2.27. The van der Waals surface area contributed by atoms with Crippen molar-refractivity contribution in [3.63, 3.8) is 0 Å². The number of hydrogen-bond acceptors (Lipinski definition) is 2. The zero-order chi connectivity index (χ0) is 14.9. The van der Waals surface area contributed by atoms with Gasteiger partial charge in [-0.2, -0.15) is 0 Å². The molecule has 0 saturated heterocycles. The topological polar surface area (TPSA) is 46.3 Å². The van der Waals surface area contributed by atoms with Gasteiger partial charge in [0.05, 0.1) is 0 Å². The molecular formula is C17H20N2O. The minimum absolute atomic E-state index is 0.0522. The number of anilines is 2. The minimum atomic E-state index is -0.0522. The predicted molar refractivity (Wildman–Crippen MR) is 84.2 cm³/mol. The summed E-state index contributed by atoms with van der Waals surface area (Å²) in [6.07, 6.45) is 0. The standard InChI is InChI=1S/C17H20N2O/c1-11-8-9-16(13(3)12(11)2)19(4)17(20)14-6-5-7-15(18)10-14/h5-10H,18H2,1-4H3. The van der Waals surface area contributed by atoms with Crippen molar-refractivity contribution in [1.29, 1.82) is 0 Å². The highest BCUT2D eigenvalue weighted by molar-refractivity contribution is 6.06. The van der Waals surface area contributed by atoms with Crippen molar-refractivity contribution in [3.05, 3.63) is 58.7 Å². The van der Waals surface area contributed by atoms with E-state index in [4.69, 9.17) is 5.73 Å². The van der Waals surface area contributed by atoms with Gasteiger partial charge < -0.3 is 10.6 Å². The molecule has 0 aliphatic carbocycles. The molecule has 2 aromatic carbocycles. The second-order valence-electron chi connectivity index (χ2n) is 5.14. The van der Waals surface area contributed by atoms with Crippen LogP contribution in [0.1, 0.15) is 27.0 Å². The van der Waals surface area contributed by atoms with E-state index in [2.05, 4.69) is 13.8 Å². The lowest BCUT2D eigenvalue weighted by atomic mass is 10.0. The number of benzene rings is 2. The van der Waals surface area contributed by atoms with E-state index in [1.54, 1.807) is 36.2 Å². The lowest BCUT2D eigenvalue weighted by Gasteiger charge is -2.21. The van der Waals surface area contributed by atoms with E-state index in [-0.39, 0.29) is 5.91 Å². The molecule has 3 nitrogen and oxygen atoms in total. The summed E-state index contributed by atoms with van der Waals surface area (Å²) in [6.45, 7) is 6.19. The van der Waals surface area contributed by atoms with Crippen molar-refractivity contribution in [2.45, 2.75) is 20.8 Å². The highest BCUT2D eigenvalue weighted by atomic mass is 16.2. The Morgan fingerprint density at radius 2 is 1.75 bits per heavy atom. The van der Waals surface area contributed by atoms with Crippen LogP contribution in [0.2, 0.25) is 0 Å². The van der Waals surface area contributed by atoms with Crippen LogP contribution < -0.4 is 10.6 Å². The molecule has 0 fully saturated rings. The van der Waals surface area contributed by atoms with Crippen LogP contribution in [0, 0.1) is 20.8 Å². The summed E-state index contributed by atoms with van der Waals surface area (Å²) in [5.74, 6) is -0.0522. The molecule has 2 N–H and O–H groups in total. The summed E-state index contributed by atoms with van der Waals surface area (Å²) in [7, 11) is 1.79. The Morgan fingerprint density at radius 3 is 2.40 bits per heavy atom. The molecule has 0 aliphatic heterocycles. The molecular weight excluding hydrogens is 248 g/mol. The fourth-order valence-corrected chi connectivity index (χ4v) is 2.28. The average molecular weight is 268 g/mol. The molecule has 1 amide bonds. The largest absolute Gasteiger partial charge is 0.399 e. The molecule has 2 aromatic rings. The Morgan fingerprint density at radius 1 is 1.05 bits per heavy atom. The van der Waals surface area contributed by atoms with Crippen LogP contribution in [0.25, 0.3) is 0 Å². The van der Waals surface area contributed by atoms with E-state index in [1.165, 1.54) is 11.1 Å². The molecule has 0 atom stereocenters. The quantitative estimate of drug-likeness (QED) is 0.848. The first-order valence-corrected chi connectivity index (χ1v) is 6.62. The first-order valence-electron chi connectivity index (χ1n) is 6.62. The van der Waals surface area contributed by atoms with Crippen LogP contribution in [-0.4, -0.2) is 13.0 Å². The van der Waals surface area contributed by atoms with Crippen molar-refractivity contribution < 1.29 is 4.79 Å². The summed E-state index contributed by atoms with van der Waals surface area (Å²) in [4.78, 5) is 14.2. The third-order valence-corrected chi connectivity index (χ3v) is 3.83. The van der Waals surface area contributed by atoms with Gasteiger partial charge in [-0.25, -0.2) is 0 Å². The van der Waals surface area contributed by atoms with E-state index in [0.717, 1.165) is 11.3 Å². The molecule has 0 spiro atoms. The van der Waals surface area contributed by atoms with Crippen molar-refractivity contribution in [1.82, 2.24) is 0 Å². The Balaban J connectivity index is 2.39. The molecule has 3 heteroatoms. The number of amides is 1. The Labute approximate surface area is 120 Å². The van der Waals surface area contributed by atoms with Gasteiger partial charge in [0.2, 0.25) is 0 Å². The highest BCUT2D eigenvalue weighted by Crippen LogP contribution is 2.25. The van der Waals surface area contributed by atoms with Crippen LogP contribution in [0.3, 0.4) is 0 Å². The summed E-state index contributed by atoms with van der Waals surface area (Å²) in [6, 6.07) is 11.1. The van der Waals surface area contributed by atoms with Crippen LogP contribution >= 0.6 is 0 Å². The van der Waals surface area contributed by atoms with E-state index in [1.807, 2.05) is 19.1 Å². The Bertz CT molecular complexity index is 662. The van der Waals surface area contributed by atoms with E-state index >= 15 is 0 Å². The zero-order valence-electron chi connectivity index (χ0n) is 12.4. The first-order chi connectivity index (χ1) is 9.41. The summed E-state index contributed by atoms with van der Waals surface area (Å²) >= 11 is 0. The number of carbonyl (C=O) groups excluding carboxylic acids is 1. The van der Waals surface area contributed by atoms with Gasteiger partial charge in [0.15, 0.2) is 0 Å². The third-order valence-electron chi connectivity index (χ3n) is 3.83. The first kappa shape index (κ1) is 14.1. The zero-order valence-corrected chi connectivity index (χ0v) is 12.4. The minimum Gasteiger partial charge on any atom is -0.399 e. The fraction of sp³-hybridized carbons (Fsp3) is 0.235. The lowest BCUT2D eigenvalue weighted by molar-refractivity contribution is 0.0993. The molecule has 0 bridgehead atoms. The number of aryl methyl sites for hydroxylation is 1. The van der Waals surface area contributed by atoms with Gasteiger partial charge in [0.25, 0.3) is 5.91 Å². The van der Waals surface area contributed by atoms with Gasteiger partial charge in [0.1, 0.15) is 0 Å². The van der Waals surface area contributed by atoms with Gasteiger partial charge in [0, 0.05) is 24.0 Å². The molecule has 0 radical (unpaired) electrons. The monoisotopic (exact) mass is 268 g/mol. The molecule has 0 aliphatic rings. The second kappa shape index (κ2) is 5.37. The van der Waals surface area contributed by atoms with Gasteiger partial charge in [-0.1, -0.05) is 12.1 Å². The summed E-state index contributed by atoms with van der Waals surface area (Å²) in [5.41, 5.74) is 11.4. The van der Waals surface area contributed by atoms with Crippen molar-refractivity contribution >= 4 is 17.3 Å². The number of hydrogen-bond donors (Lipinski definition) is 1. The third kappa shape index (κ3) is 2.52. The van der Waals surface area contributed by atoms with E-state index in [9.17, 15) is 4.79 Å². The fourth-order valence-electron chi connectivity index (χ4n) is 2.28. The van der Waals surface area contributed by atoms with Crippen LogP contribution in [0.5, 0.6) is 0 Å². The van der Waals surface area contributed by atoms with Crippen molar-refractivity contribution in [2.75, 3.05) is 17.7 Å². The molecule has 2 rings (SSSR count). The maximum atomic E-state index is 12.5. The normalized spacial score (nSPS) is 10.4. The number of nitrogens with zero attached hydrogens (tertiary/aromatic N) is 1. The van der Waals surface area contributed by atoms with Crippen molar-refractivity contribution in [3.8, 4) is 0 Å². The number of carbonyl (C=O) groups is 1.